The number of esters is 1. The Bertz CT molecular complexity index is 851. The van der Waals surface area contributed by atoms with E-state index in [4.69, 9.17) is 16.3 Å². The van der Waals surface area contributed by atoms with Gasteiger partial charge in [0.25, 0.3) is 0 Å². The van der Waals surface area contributed by atoms with Crippen LogP contribution in [0.15, 0.2) is 36.4 Å². The molecule has 1 aliphatic rings. The first-order valence-corrected chi connectivity index (χ1v) is 11.5. The molecule has 7 heteroatoms. The molecule has 0 aliphatic carbocycles. The number of hydrogen-bond donors (Lipinski definition) is 1. The molecule has 162 valence electrons. The molecule has 30 heavy (non-hydrogen) atoms. The van der Waals surface area contributed by atoms with E-state index in [0.717, 1.165) is 36.1 Å². The minimum absolute atomic E-state index is 0.200. The van der Waals surface area contributed by atoms with Gasteiger partial charge in [-0.25, -0.2) is 4.79 Å². The highest BCUT2D eigenvalue weighted by atomic mass is 35.5. The molecule has 1 aromatic heterocycles. The van der Waals surface area contributed by atoms with E-state index in [0.29, 0.717) is 35.7 Å². The second kappa shape index (κ2) is 10.9. The number of aryl methyl sites for hydroxylation is 1. The predicted molar refractivity (Wildman–Crippen MR) is 119 cm³/mol. The molecular weight excluding hydrogens is 422 g/mol. The molecule has 1 aromatic carbocycles. The Morgan fingerprint density at radius 2 is 2.07 bits per heavy atom. The Labute approximate surface area is 186 Å². The van der Waals surface area contributed by atoms with Crippen LogP contribution in [-0.2, 0) is 22.4 Å². The molecule has 1 unspecified atom stereocenters. The molecule has 0 bridgehead atoms. The molecule has 2 atom stereocenters. The van der Waals surface area contributed by atoms with Crippen molar-refractivity contribution in [3.63, 3.8) is 0 Å². The van der Waals surface area contributed by atoms with Crippen LogP contribution in [0.2, 0.25) is 5.02 Å². The van der Waals surface area contributed by atoms with Crippen molar-refractivity contribution in [1.29, 1.82) is 0 Å². The Morgan fingerprint density at radius 1 is 1.30 bits per heavy atom. The molecule has 2 heterocycles. The topological polar surface area (TPSA) is 66.8 Å². The zero-order valence-corrected chi connectivity index (χ0v) is 18.8. The number of carbonyl (C=O) groups is 2. The number of aliphatic hydroxyl groups is 1. The number of halogens is 1. The second-order valence-corrected chi connectivity index (χ2v) is 9.31. The van der Waals surface area contributed by atoms with Gasteiger partial charge in [-0.05, 0) is 68.4 Å². The summed E-state index contributed by atoms with van der Waals surface area (Å²) < 4.78 is 4.74. The van der Waals surface area contributed by atoms with Crippen LogP contribution in [0.5, 0.6) is 0 Å². The summed E-state index contributed by atoms with van der Waals surface area (Å²) in [5.41, 5.74) is 1.06. The Morgan fingerprint density at radius 3 is 2.80 bits per heavy atom. The number of ether oxygens (including phenoxy) is 1. The van der Waals surface area contributed by atoms with Crippen LogP contribution in [0.1, 0.15) is 52.2 Å². The number of likely N-dealkylation sites (tertiary alicyclic amines) is 1. The smallest absolute Gasteiger partial charge is 0.348 e. The van der Waals surface area contributed by atoms with E-state index < -0.39 is 6.10 Å². The molecule has 0 saturated carbocycles. The molecule has 1 fully saturated rings. The lowest BCUT2D eigenvalue weighted by Gasteiger charge is -2.25. The van der Waals surface area contributed by atoms with Crippen LogP contribution in [0.25, 0.3) is 0 Å². The molecule has 3 rings (SSSR count). The van der Waals surface area contributed by atoms with Gasteiger partial charge in [-0.2, -0.15) is 0 Å². The number of benzene rings is 1. The number of methoxy groups -OCH3 is 1. The molecule has 1 N–H and O–H groups in total. The van der Waals surface area contributed by atoms with Crippen molar-refractivity contribution < 1.29 is 19.4 Å². The van der Waals surface area contributed by atoms with Gasteiger partial charge in [0, 0.05) is 28.9 Å². The van der Waals surface area contributed by atoms with Gasteiger partial charge in [0.05, 0.1) is 13.2 Å². The Kier molecular flexibility index (Phi) is 8.31. The van der Waals surface area contributed by atoms with Crippen molar-refractivity contribution in [2.45, 2.75) is 57.1 Å². The van der Waals surface area contributed by atoms with E-state index in [9.17, 15) is 14.7 Å². The lowest BCUT2D eigenvalue weighted by molar-refractivity contribution is -0.129. The third-order valence-corrected chi connectivity index (χ3v) is 6.92. The first-order valence-electron chi connectivity index (χ1n) is 10.3. The van der Waals surface area contributed by atoms with E-state index in [1.54, 1.807) is 6.07 Å². The molecule has 0 spiro atoms. The summed E-state index contributed by atoms with van der Waals surface area (Å²) in [6.45, 7) is 0.711. The summed E-state index contributed by atoms with van der Waals surface area (Å²) in [5.74, 6) is -0.105. The van der Waals surface area contributed by atoms with Gasteiger partial charge in [-0.1, -0.05) is 23.7 Å². The molecular formula is C23H28ClNO4S. The number of hydrogen-bond acceptors (Lipinski definition) is 5. The maximum atomic E-state index is 12.3. The van der Waals surface area contributed by atoms with Crippen molar-refractivity contribution in [2.24, 2.45) is 0 Å². The third kappa shape index (κ3) is 6.30. The average molecular weight is 450 g/mol. The SMILES string of the molecule is COC(=O)c1ccc(CCCN2C(=O)CC[C@@H]2CCC(O)Cc2ccc(Cl)cc2)s1. The fourth-order valence-electron chi connectivity index (χ4n) is 3.93. The molecule has 1 amide bonds. The highest BCUT2D eigenvalue weighted by Gasteiger charge is 2.30. The van der Waals surface area contributed by atoms with E-state index >= 15 is 0 Å². The van der Waals surface area contributed by atoms with Crippen LogP contribution in [-0.4, -0.2) is 47.7 Å². The van der Waals surface area contributed by atoms with Gasteiger partial charge < -0.3 is 14.7 Å². The normalized spacial score (nSPS) is 17.4. The van der Waals surface area contributed by atoms with Gasteiger partial charge in [0.1, 0.15) is 4.88 Å². The number of amides is 1. The Hall–Kier alpha value is -1.89. The summed E-state index contributed by atoms with van der Waals surface area (Å²) in [6, 6.07) is 11.5. The van der Waals surface area contributed by atoms with Crippen molar-refractivity contribution in [3.8, 4) is 0 Å². The predicted octanol–water partition coefficient (Wildman–Crippen LogP) is 4.50. The maximum absolute atomic E-state index is 12.3. The fraction of sp³-hybridized carbons (Fsp3) is 0.478. The average Bonchev–Trinajstić information content (AvgIpc) is 3.35. The molecule has 0 radical (unpaired) electrons. The van der Waals surface area contributed by atoms with Gasteiger partial charge in [0.15, 0.2) is 0 Å². The van der Waals surface area contributed by atoms with Crippen molar-refractivity contribution in [1.82, 2.24) is 4.90 Å². The van der Waals surface area contributed by atoms with E-state index in [-0.39, 0.29) is 17.9 Å². The zero-order chi connectivity index (χ0) is 21.5. The van der Waals surface area contributed by atoms with Crippen LogP contribution in [0.3, 0.4) is 0 Å². The summed E-state index contributed by atoms with van der Waals surface area (Å²) >= 11 is 7.35. The molecule has 1 aliphatic heterocycles. The van der Waals surface area contributed by atoms with Crippen LogP contribution in [0.4, 0.5) is 0 Å². The maximum Gasteiger partial charge on any atom is 0.348 e. The zero-order valence-electron chi connectivity index (χ0n) is 17.2. The Balaban J connectivity index is 1.44. The van der Waals surface area contributed by atoms with Crippen molar-refractivity contribution in [3.05, 3.63) is 56.7 Å². The van der Waals surface area contributed by atoms with Crippen LogP contribution < -0.4 is 0 Å². The van der Waals surface area contributed by atoms with Gasteiger partial charge in [-0.15, -0.1) is 11.3 Å². The number of nitrogens with zero attached hydrogens (tertiary/aromatic N) is 1. The number of thiophene rings is 1. The largest absolute Gasteiger partial charge is 0.465 e. The molecule has 1 saturated heterocycles. The fourth-order valence-corrected chi connectivity index (χ4v) is 5.02. The van der Waals surface area contributed by atoms with Gasteiger partial charge in [0.2, 0.25) is 5.91 Å². The lowest BCUT2D eigenvalue weighted by Crippen LogP contribution is -2.34. The van der Waals surface area contributed by atoms with Crippen molar-refractivity contribution in [2.75, 3.05) is 13.7 Å². The highest BCUT2D eigenvalue weighted by molar-refractivity contribution is 7.13. The third-order valence-electron chi connectivity index (χ3n) is 5.54. The minimum atomic E-state index is -0.424. The van der Waals surface area contributed by atoms with Crippen molar-refractivity contribution >= 4 is 34.8 Å². The van der Waals surface area contributed by atoms with E-state index in [2.05, 4.69) is 0 Å². The summed E-state index contributed by atoms with van der Waals surface area (Å²) in [4.78, 5) is 27.6. The first kappa shape index (κ1) is 22.8. The summed E-state index contributed by atoms with van der Waals surface area (Å²) in [7, 11) is 1.38. The summed E-state index contributed by atoms with van der Waals surface area (Å²) in [5, 5.41) is 11.1. The highest BCUT2D eigenvalue weighted by Crippen LogP contribution is 2.25. The van der Waals surface area contributed by atoms with E-state index in [1.165, 1.54) is 18.4 Å². The molecule has 5 nitrogen and oxygen atoms in total. The van der Waals surface area contributed by atoms with Crippen LogP contribution >= 0.6 is 22.9 Å². The minimum Gasteiger partial charge on any atom is -0.465 e. The first-order chi connectivity index (χ1) is 14.5. The van der Waals surface area contributed by atoms with Crippen LogP contribution in [0, 0.1) is 0 Å². The lowest BCUT2D eigenvalue weighted by atomic mass is 10.0. The standard InChI is InChI=1S/C23H28ClNO4S/c1-29-23(28)21-12-11-20(30-21)3-2-14-25-18(9-13-22(25)27)8-10-19(26)15-16-4-6-17(24)7-5-16/h4-7,11-12,18-19,26H,2-3,8-10,13-15H2,1H3/t18-,19?/m0/s1. The number of carbonyl (C=O) groups excluding carboxylic acids is 2. The number of rotatable bonds is 10. The van der Waals surface area contributed by atoms with Gasteiger partial charge in [-0.3, -0.25) is 4.79 Å². The quantitative estimate of drug-likeness (QED) is 0.542. The monoisotopic (exact) mass is 449 g/mol. The van der Waals surface area contributed by atoms with E-state index in [1.807, 2.05) is 35.2 Å². The number of aliphatic hydroxyl groups excluding tert-OH is 1. The second-order valence-electron chi connectivity index (χ2n) is 7.70. The summed E-state index contributed by atoms with van der Waals surface area (Å²) in [6.07, 6.45) is 4.79. The van der Waals surface area contributed by atoms with Gasteiger partial charge >= 0.3 is 5.97 Å². The molecule has 2 aromatic rings.